The van der Waals surface area contributed by atoms with Crippen LogP contribution in [0.25, 0.3) is 0 Å². The van der Waals surface area contributed by atoms with Crippen molar-refractivity contribution in [3.63, 3.8) is 0 Å². The summed E-state index contributed by atoms with van der Waals surface area (Å²) < 4.78 is 44.9. The number of halogens is 3. The van der Waals surface area contributed by atoms with Crippen LogP contribution < -0.4 is 4.74 Å². The maximum absolute atomic E-state index is 13.0. The standard InChI is InChI=1S/C21H22F3N5O2/c22-21(23,24)14-3-4-25-17(7-14)20(30)29-6-5-28-12-16(8-15(28)11-29)31-19-10-26-18(9-27-19)13-1-2-13/h3-4,7,9-10,13,15-16H,1-2,5-6,8,11-12H2/t15-,16+/m0/s1. The molecule has 164 valence electrons. The zero-order valence-corrected chi connectivity index (χ0v) is 16.8. The van der Waals surface area contributed by atoms with Crippen LogP contribution in [0.3, 0.4) is 0 Å². The molecule has 2 atom stereocenters. The van der Waals surface area contributed by atoms with E-state index in [1.165, 1.54) is 12.8 Å². The number of fused-ring (bicyclic) bond motifs is 1. The highest BCUT2D eigenvalue weighted by Crippen LogP contribution is 2.38. The predicted octanol–water partition coefficient (Wildman–Crippen LogP) is 2.75. The fraction of sp³-hybridized carbons (Fsp3) is 0.524. The summed E-state index contributed by atoms with van der Waals surface area (Å²) in [5.74, 6) is 0.559. The van der Waals surface area contributed by atoms with Gasteiger partial charge in [-0.3, -0.25) is 19.7 Å². The highest BCUT2D eigenvalue weighted by atomic mass is 19.4. The monoisotopic (exact) mass is 433 g/mol. The Kier molecular flexibility index (Phi) is 5.04. The largest absolute Gasteiger partial charge is 0.472 e. The average Bonchev–Trinajstić information content (AvgIpc) is 3.53. The first-order valence-corrected chi connectivity index (χ1v) is 10.4. The minimum Gasteiger partial charge on any atom is -0.472 e. The smallest absolute Gasteiger partial charge is 0.416 e. The third-order valence-corrected chi connectivity index (χ3v) is 6.10. The van der Waals surface area contributed by atoms with Crippen molar-refractivity contribution in [1.82, 2.24) is 24.8 Å². The van der Waals surface area contributed by atoms with E-state index in [2.05, 4.69) is 19.9 Å². The third-order valence-electron chi connectivity index (χ3n) is 6.10. The Morgan fingerprint density at radius 3 is 2.65 bits per heavy atom. The molecule has 2 aromatic rings. The second-order valence-corrected chi connectivity index (χ2v) is 8.36. The van der Waals surface area contributed by atoms with Gasteiger partial charge in [-0.1, -0.05) is 0 Å². The minimum absolute atomic E-state index is 0.0622. The predicted molar refractivity (Wildman–Crippen MR) is 104 cm³/mol. The van der Waals surface area contributed by atoms with Gasteiger partial charge in [0.15, 0.2) is 0 Å². The molecule has 0 spiro atoms. The van der Waals surface area contributed by atoms with Crippen molar-refractivity contribution in [3.8, 4) is 5.88 Å². The molecular weight excluding hydrogens is 411 g/mol. The van der Waals surface area contributed by atoms with Gasteiger partial charge in [0.05, 0.1) is 23.7 Å². The molecule has 2 aliphatic heterocycles. The first kappa shape index (κ1) is 20.2. The van der Waals surface area contributed by atoms with Gasteiger partial charge in [-0.25, -0.2) is 4.98 Å². The Balaban J connectivity index is 1.20. The van der Waals surface area contributed by atoms with E-state index in [0.717, 1.165) is 30.6 Å². The van der Waals surface area contributed by atoms with Gasteiger partial charge < -0.3 is 9.64 Å². The summed E-state index contributed by atoms with van der Waals surface area (Å²) in [7, 11) is 0. The quantitative estimate of drug-likeness (QED) is 0.739. The van der Waals surface area contributed by atoms with Crippen molar-refractivity contribution in [2.24, 2.45) is 0 Å². The molecule has 2 saturated heterocycles. The van der Waals surface area contributed by atoms with Crippen LogP contribution in [0.1, 0.15) is 46.9 Å². The van der Waals surface area contributed by atoms with Crippen LogP contribution in [-0.4, -0.2) is 69.0 Å². The topological polar surface area (TPSA) is 71.5 Å². The molecule has 0 bridgehead atoms. The molecule has 31 heavy (non-hydrogen) atoms. The summed E-state index contributed by atoms with van der Waals surface area (Å²) in [5, 5.41) is 0. The van der Waals surface area contributed by atoms with Gasteiger partial charge >= 0.3 is 6.18 Å². The highest BCUT2D eigenvalue weighted by Gasteiger charge is 2.39. The molecule has 3 fully saturated rings. The van der Waals surface area contributed by atoms with E-state index in [9.17, 15) is 18.0 Å². The van der Waals surface area contributed by atoms with E-state index in [-0.39, 0.29) is 17.8 Å². The average molecular weight is 433 g/mol. The van der Waals surface area contributed by atoms with Crippen LogP contribution in [-0.2, 0) is 6.18 Å². The van der Waals surface area contributed by atoms with Gasteiger partial charge in [0, 0.05) is 50.8 Å². The summed E-state index contributed by atoms with van der Waals surface area (Å²) in [6.07, 6.45) is 2.95. The van der Waals surface area contributed by atoms with E-state index >= 15 is 0 Å². The number of nitrogens with zero attached hydrogens (tertiary/aromatic N) is 5. The molecule has 1 aliphatic carbocycles. The van der Waals surface area contributed by atoms with E-state index < -0.39 is 17.6 Å². The van der Waals surface area contributed by atoms with E-state index in [1.807, 2.05) is 0 Å². The Morgan fingerprint density at radius 2 is 1.94 bits per heavy atom. The van der Waals surface area contributed by atoms with E-state index in [0.29, 0.717) is 37.9 Å². The summed E-state index contributed by atoms with van der Waals surface area (Å²) in [6, 6.07) is 1.78. The van der Waals surface area contributed by atoms with Gasteiger partial charge in [0.1, 0.15) is 11.8 Å². The normalized spacial score (nSPS) is 24.2. The van der Waals surface area contributed by atoms with Crippen molar-refractivity contribution in [2.75, 3.05) is 26.2 Å². The van der Waals surface area contributed by atoms with Crippen LogP contribution >= 0.6 is 0 Å². The number of hydrogen-bond acceptors (Lipinski definition) is 6. The number of carbonyl (C=O) groups is 1. The number of hydrogen-bond donors (Lipinski definition) is 0. The summed E-state index contributed by atoms with van der Waals surface area (Å²) in [5.41, 5.74) is -0.0405. The number of rotatable bonds is 4. The summed E-state index contributed by atoms with van der Waals surface area (Å²) in [4.78, 5) is 29.2. The van der Waals surface area contributed by atoms with Gasteiger partial charge in [0.25, 0.3) is 5.91 Å². The lowest BCUT2D eigenvalue weighted by Crippen LogP contribution is -2.52. The zero-order chi connectivity index (χ0) is 21.6. The van der Waals surface area contributed by atoms with Gasteiger partial charge in [-0.2, -0.15) is 13.2 Å². The molecule has 1 saturated carbocycles. The van der Waals surface area contributed by atoms with Crippen molar-refractivity contribution in [3.05, 3.63) is 47.7 Å². The minimum atomic E-state index is -4.51. The second kappa shape index (κ2) is 7.74. The number of amides is 1. The van der Waals surface area contributed by atoms with Crippen LogP contribution in [0, 0.1) is 0 Å². The first-order valence-electron chi connectivity index (χ1n) is 10.4. The summed E-state index contributed by atoms with van der Waals surface area (Å²) >= 11 is 0. The maximum atomic E-state index is 13.0. The Hall–Kier alpha value is -2.75. The van der Waals surface area contributed by atoms with Crippen molar-refractivity contribution in [1.29, 1.82) is 0 Å². The molecule has 10 heteroatoms. The van der Waals surface area contributed by atoms with Crippen molar-refractivity contribution in [2.45, 2.75) is 43.5 Å². The van der Waals surface area contributed by atoms with Gasteiger partial charge in [0.2, 0.25) is 5.88 Å². The first-order chi connectivity index (χ1) is 14.9. The van der Waals surface area contributed by atoms with Gasteiger partial charge in [-0.15, -0.1) is 0 Å². The maximum Gasteiger partial charge on any atom is 0.416 e. The molecule has 3 aliphatic rings. The Morgan fingerprint density at radius 1 is 1.10 bits per heavy atom. The van der Waals surface area contributed by atoms with Crippen LogP contribution in [0.4, 0.5) is 13.2 Å². The molecule has 0 aromatic carbocycles. The molecular formula is C21H22F3N5O2. The molecule has 0 radical (unpaired) electrons. The lowest BCUT2D eigenvalue weighted by Gasteiger charge is -2.37. The zero-order valence-electron chi connectivity index (χ0n) is 16.8. The van der Waals surface area contributed by atoms with Crippen LogP contribution in [0.15, 0.2) is 30.7 Å². The molecule has 7 nitrogen and oxygen atoms in total. The molecule has 4 heterocycles. The molecule has 5 rings (SSSR count). The van der Waals surface area contributed by atoms with Crippen molar-refractivity contribution < 1.29 is 22.7 Å². The number of pyridine rings is 1. The summed E-state index contributed by atoms with van der Waals surface area (Å²) in [6.45, 7) is 2.24. The Bertz CT molecular complexity index is 964. The SMILES string of the molecule is O=C(c1cc(C(F)(F)F)ccn1)N1CCN2C[C@H](Oc3cnc(C4CC4)cn3)C[C@H]2C1. The fourth-order valence-electron chi connectivity index (χ4n) is 4.30. The number of carbonyl (C=O) groups excluding carboxylic acids is 1. The molecule has 2 aromatic heterocycles. The Labute approximate surface area is 177 Å². The molecule has 0 N–H and O–H groups in total. The number of alkyl halides is 3. The van der Waals surface area contributed by atoms with E-state index in [4.69, 9.17) is 4.74 Å². The third kappa shape index (κ3) is 4.34. The lowest BCUT2D eigenvalue weighted by atomic mass is 10.1. The second-order valence-electron chi connectivity index (χ2n) is 8.36. The number of ether oxygens (including phenoxy) is 1. The number of aromatic nitrogens is 3. The van der Waals surface area contributed by atoms with E-state index in [1.54, 1.807) is 17.3 Å². The highest BCUT2D eigenvalue weighted by molar-refractivity contribution is 5.92. The number of piperazine rings is 1. The molecule has 1 amide bonds. The van der Waals surface area contributed by atoms with Gasteiger partial charge in [-0.05, 0) is 25.0 Å². The van der Waals surface area contributed by atoms with Crippen LogP contribution in [0.5, 0.6) is 5.88 Å². The van der Waals surface area contributed by atoms with Crippen molar-refractivity contribution >= 4 is 5.91 Å². The fourth-order valence-corrected chi connectivity index (χ4v) is 4.30. The van der Waals surface area contributed by atoms with Crippen LogP contribution in [0.2, 0.25) is 0 Å². The lowest BCUT2D eigenvalue weighted by molar-refractivity contribution is -0.137. The molecule has 0 unspecified atom stereocenters.